The van der Waals surface area contributed by atoms with Crippen LogP contribution in [-0.2, 0) is 11.2 Å². The number of benzene rings is 1. The lowest BCUT2D eigenvalue weighted by Gasteiger charge is -2.28. The lowest BCUT2D eigenvalue weighted by atomic mass is 10.1. The quantitative estimate of drug-likeness (QED) is 0.816. The van der Waals surface area contributed by atoms with Crippen LogP contribution in [0.15, 0.2) is 16.6 Å². The van der Waals surface area contributed by atoms with Gasteiger partial charge in [-0.25, -0.2) is 0 Å². The second kappa shape index (κ2) is 6.90. The molecule has 0 spiro atoms. The molecule has 0 saturated heterocycles. The molecule has 1 amide bonds. The first-order chi connectivity index (χ1) is 10.7. The van der Waals surface area contributed by atoms with Gasteiger partial charge in [0.05, 0.1) is 6.42 Å². The van der Waals surface area contributed by atoms with E-state index in [1.54, 1.807) is 0 Å². The summed E-state index contributed by atoms with van der Waals surface area (Å²) in [6.45, 7) is 3.98. The first-order valence-electron chi connectivity index (χ1n) is 8.06. The van der Waals surface area contributed by atoms with Crippen molar-refractivity contribution in [3.63, 3.8) is 0 Å². The molecule has 1 aliphatic heterocycles. The SMILES string of the molecule is CCN(C(=O)Cc1cc2c(cc1Br)OCCO2)C1CCCC1. The Kier molecular flexibility index (Phi) is 4.91. The number of hydrogen-bond acceptors (Lipinski definition) is 3. The number of likely N-dealkylation sites (N-methyl/N-ethyl adjacent to an activating group) is 1. The molecule has 0 unspecified atom stereocenters. The van der Waals surface area contributed by atoms with Crippen LogP contribution in [0.25, 0.3) is 0 Å². The van der Waals surface area contributed by atoms with Gasteiger partial charge in [-0.2, -0.15) is 0 Å². The van der Waals surface area contributed by atoms with Crippen molar-refractivity contribution < 1.29 is 14.3 Å². The van der Waals surface area contributed by atoms with Crippen LogP contribution in [0.1, 0.15) is 38.2 Å². The fourth-order valence-electron chi connectivity index (χ4n) is 3.36. The number of ether oxygens (including phenoxy) is 2. The predicted octanol–water partition coefficient (Wildman–Crippen LogP) is 3.55. The number of carbonyl (C=O) groups is 1. The van der Waals surface area contributed by atoms with Crippen molar-refractivity contribution in [2.45, 2.75) is 45.1 Å². The van der Waals surface area contributed by atoms with Gasteiger partial charge in [0.2, 0.25) is 5.91 Å². The second-order valence-electron chi connectivity index (χ2n) is 5.88. The molecule has 22 heavy (non-hydrogen) atoms. The fraction of sp³-hybridized carbons (Fsp3) is 0.588. The van der Waals surface area contributed by atoms with Crippen LogP contribution in [0.5, 0.6) is 11.5 Å². The van der Waals surface area contributed by atoms with E-state index in [-0.39, 0.29) is 5.91 Å². The normalized spacial score (nSPS) is 17.5. The van der Waals surface area contributed by atoms with E-state index in [9.17, 15) is 4.79 Å². The molecule has 1 aromatic rings. The van der Waals surface area contributed by atoms with Gasteiger partial charge in [0.25, 0.3) is 0 Å². The van der Waals surface area contributed by atoms with Crippen LogP contribution in [0, 0.1) is 0 Å². The highest BCUT2D eigenvalue weighted by molar-refractivity contribution is 9.10. The van der Waals surface area contributed by atoms with E-state index in [1.165, 1.54) is 12.8 Å². The zero-order valence-corrected chi connectivity index (χ0v) is 14.5. The third-order valence-electron chi connectivity index (χ3n) is 4.48. The highest BCUT2D eigenvalue weighted by Gasteiger charge is 2.26. The summed E-state index contributed by atoms with van der Waals surface area (Å²) in [5.74, 6) is 1.69. The molecule has 0 N–H and O–H groups in total. The Morgan fingerprint density at radius 3 is 2.50 bits per heavy atom. The average molecular weight is 368 g/mol. The molecule has 5 heteroatoms. The molecule has 0 bridgehead atoms. The van der Waals surface area contributed by atoms with Crippen molar-refractivity contribution in [1.82, 2.24) is 4.90 Å². The first-order valence-corrected chi connectivity index (χ1v) is 8.86. The molecule has 2 aliphatic rings. The van der Waals surface area contributed by atoms with Crippen molar-refractivity contribution in [1.29, 1.82) is 0 Å². The van der Waals surface area contributed by atoms with Crippen molar-refractivity contribution in [2.24, 2.45) is 0 Å². The molecule has 120 valence electrons. The summed E-state index contributed by atoms with van der Waals surface area (Å²) in [6.07, 6.45) is 5.16. The monoisotopic (exact) mass is 367 g/mol. The molecule has 1 heterocycles. The summed E-state index contributed by atoms with van der Waals surface area (Å²) in [4.78, 5) is 14.7. The van der Waals surface area contributed by atoms with E-state index in [0.29, 0.717) is 25.7 Å². The zero-order chi connectivity index (χ0) is 15.5. The Hall–Kier alpha value is -1.23. The van der Waals surface area contributed by atoms with Gasteiger partial charge in [0.1, 0.15) is 13.2 Å². The van der Waals surface area contributed by atoms with Gasteiger partial charge in [-0.3, -0.25) is 4.79 Å². The number of fused-ring (bicyclic) bond motifs is 1. The summed E-state index contributed by atoms with van der Waals surface area (Å²) in [5, 5.41) is 0. The van der Waals surface area contributed by atoms with Crippen LogP contribution in [0.2, 0.25) is 0 Å². The van der Waals surface area contributed by atoms with E-state index in [4.69, 9.17) is 9.47 Å². The number of carbonyl (C=O) groups excluding carboxylic acids is 1. The Labute approximate surface area is 139 Å². The molecule has 0 aromatic heterocycles. The summed E-state index contributed by atoms with van der Waals surface area (Å²) < 4.78 is 12.1. The number of amides is 1. The van der Waals surface area contributed by atoms with E-state index in [1.807, 2.05) is 17.0 Å². The molecular formula is C17H22BrNO3. The third kappa shape index (κ3) is 3.24. The fourth-order valence-corrected chi connectivity index (χ4v) is 3.82. The van der Waals surface area contributed by atoms with Gasteiger partial charge >= 0.3 is 0 Å². The Bertz CT molecular complexity index is 555. The highest BCUT2D eigenvalue weighted by atomic mass is 79.9. The Morgan fingerprint density at radius 2 is 1.86 bits per heavy atom. The summed E-state index contributed by atoms with van der Waals surface area (Å²) in [6, 6.07) is 4.26. The number of rotatable bonds is 4. The van der Waals surface area contributed by atoms with Crippen molar-refractivity contribution in [3.8, 4) is 11.5 Å². The van der Waals surface area contributed by atoms with Crippen LogP contribution in [-0.4, -0.2) is 36.6 Å². The molecular weight excluding hydrogens is 346 g/mol. The van der Waals surface area contributed by atoms with Crippen LogP contribution in [0.3, 0.4) is 0 Å². The minimum absolute atomic E-state index is 0.201. The van der Waals surface area contributed by atoms with Gasteiger partial charge in [0, 0.05) is 17.1 Å². The van der Waals surface area contributed by atoms with Gasteiger partial charge in [-0.1, -0.05) is 28.8 Å². The largest absolute Gasteiger partial charge is 0.486 e. The van der Waals surface area contributed by atoms with Crippen LogP contribution < -0.4 is 9.47 Å². The van der Waals surface area contributed by atoms with Crippen molar-refractivity contribution >= 4 is 21.8 Å². The smallest absolute Gasteiger partial charge is 0.227 e. The Morgan fingerprint density at radius 1 is 1.23 bits per heavy atom. The lowest BCUT2D eigenvalue weighted by molar-refractivity contribution is -0.132. The van der Waals surface area contributed by atoms with Crippen LogP contribution >= 0.6 is 15.9 Å². The molecule has 0 atom stereocenters. The number of nitrogens with zero attached hydrogens (tertiary/aromatic N) is 1. The van der Waals surface area contributed by atoms with E-state index >= 15 is 0 Å². The van der Waals surface area contributed by atoms with Gasteiger partial charge in [0.15, 0.2) is 11.5 Å². The standard InChI is InChI=1S/C17H22BrNO3/c1-2-19(13-5-3-4-6-13)17(20)10-12-9-15-16(11-14(12)18)22-8-7-21-15/h9,11,13H,2-8,10H2,1H3. The first kappa shape index (κ1) is 15.7. The summed E-state index contributed by atoms with van der Waals surface area (Å²) in [7, 11) is 0. The number of hydrogen-bond donors (Lipinski definition) is 0. The van der Waals surface area contributed by atoms with Crippen LogP contribution in [0.4, 0.5) is 0 Å². The topological polar surface area (TPSA) is 38.8 Å². The van der Waals surface area contributed by atoms with Gasteiger partial charge in [-0.05, 0) is 37.5 Å². The molecule has 0 radical (unpaired) electrons. The zero-order valence-electron chi connectivity index (χ0n) is 12.9. The minimum Gasteiger partial charge on any atom is -0.486 e. The van der Waals surface area contributed by atoms with E-state index < -0.39 is 0 Å². The molecule has 1 aliphatic carbocycles. The predicted molar refractivity (Wildman–Crippen MR) is 88.5 cm³/mol. The minimum atomic E-state index is 0.201. The molecule has 3 rings (SSSR count). The molecule has 4 nitrogen and oxygen atoms in total. The highest BCUT2D eigenvalue weighted by Crippen LogP contribution is 2.36. The molecule has 1 saturated carbocycles. The molecule has 1 fully saturated rings. The lowest BCUT2D eigenvalue weighted by Crippen LogP contribution is -2.39. The van der Waals surface area contributed by atoms with E-state index in [0.717, 1.165) is 40.9 Å². The third-order valence-corrected chi connectivity index (χ3v) is 5.22. The van der Waals surface area contributed by atoms with E-state index in [2.05, 4.69) is 22.9 Å². The van der Waals surface area contributed by atoms with Crippen molar-refractivity contribution in [2.75, 3.05) is 19.8 Å². The maximum Gasteiger partial charge on any atom is 0.227 e. The maximum absolute atomic E-state index is 12.7. The summed E-state index contributed by atoms with van der Waals surface area (Å²) >= 11 is 3.55. The average Bonchev–Trinajstić information content (AvgIpc) is 3.03. The number of halogens is 1. The van der Waals surface area contributed by atoms with Crippen molar-refractivity contribution in [3.05, 3.63) is 22.2 Å². The summed E-state index contributed by atoms with van der Waals surface area (Å²) in [5.41, 5.74) is 0.964. The maximum atomic E-state index is 12.7. The Balaban J connectivity index is 1.75. The second-order valence-corrected chi connectivity index (χ2v) is 6.74. The van der Waals surface area contributed by atoms with Gasteiger partial charge in [-0.15, -0.1) is 0 Å². The molecule has 1 aromatic carbocycles. The van der Waals surface area contributed by atoms with Gasteiger partial charge < -0.3 is 14.4 Å².